The third kappa shape index (κ3) is 4.22. The van der Waals surface area contributed by atoms with Gasteiger partial charge in [-0.2, -0.15) is 5.10 Å². The fraction of sp³-hybridized carbons (Fsp3) is 0.333. The van der Waals surface area contributed by atoms with Crippen LogP contribution in [0.4, 0.5) is 0 Å². The number of aromatic nitrogens is 1. The van der Waals surface area contributed by atoms with Crippen molar-refractivity contribution in [1.29, 1.82) is 0 Å². The zero-order valence-corrected chi connectivity index (χ0v) is 18.3. The monoisotopic (exact) mass is 415 g/mol. The van der Waals surface area contributed by atoms with Crippen LogP contribution in [0.5, 0.6) is 17.2 Å². The Morgan fingerprint density at radius 1 is 1.10 bits per heavy atom. The molecule has 7 nitrogen and oxygen atoms in total. The summed E-state index contributed by atoms with van der Waals surface area (Å²) in [5.41, 5.74) is 2.49. The summed E-state index contributed by atoms with van der Waals surface area (Å²) in [5.74, 6) is 3.27. The lowest BCUT2D eigenvalue weighted by Gasteiger charge is -2.14. The number of methoxy groups -OCH3 is 3. The molecule has 154 valence electrons. The normalized spacial score (nSPS) is 12.3. The number of furan rings is 1. The average Bonchev–Trinajstić information content (AvgIpc) is 3.33. The lowest BCUT2D eigenvalue weighted by molar-refractivity contribution is 0.324. The van der Waals surface area contributed by atoms with Gasteiger partial charge in [0.15, 0.2) is 11.5 Å². The Kier molecular flexibility index (Phi) is 6.43. The molecule has 1 aromatic carbocycles. The number of nitrogens with zero attached hydrogens (tertiary/aromatic N) is 3. The van der Waals surface area contributed by atoms with Crippen molar-refractivity contribution in [3.63, 3.8) is 0 Å². The lowest BCUT2D eigenvalue weighted by Crippen LogP contribution is -2.14. The van der Waals surface area contributed by atoms with E-state index in [0.717, 1.165) is 33.3 Å². The van der Waals surface area contributed by atoms with Crippen LogP contribution in [0, 0.1) is 6.92 Å². The molecule has 0 bridgehead atoms. The van der Waals surface area contributed by atoms with E-state index < -0.39 is 0 Å². The molecule has 0 aliphatic rings. The van der Waals surface area contributed by atoms with Crippen LogP contribution in [0.1, 0.15) is 25.4 Å². The van der Waals surface area contributed by atoms with Crippen LogP contribution >= 0.6 is 11.3 Å². The molecule has 0 aliphatic carbocycles. The molecule has 3 aromatic rings. The molecule has 0 unspecified atom stereocenters. The third-order valence-electron chi connectivity index (χ3n) is 4.29. The maximum absolute atomic E-state index is 5.71. The molecule has 0 fully saturated rings. The molecule has 0 atom stereocenters. The van der Waals surface area contributed by atoms with Gasteiger partial charge in [-0.1, -0.05) is 0 Å². The second kappa shape index (κ2) is 9.00. The molecular weight excluding hydrogens is 390 g/mol. The van der Waals surface area contributed by atoms with E-state index in [2.05, 4.69) is 4.99 Å². The first-order chi connectivity index (χ1) is 14.0. The third-order valence-corrected chi connectivity index (χ3v) is 5.14. The standard InChI is InChI=1S/C21H25N3O4S/c1-7-22-21-24(23-14(3)17-9-8-13(2)28-17)16(12-29-21)15-10-18(25-4)20(27-6)19(11-15)26-5/h8-12H,7H2,1-6H3. The second-order valence-electron chi connectivity index (χ2n) is 6.20. The largest absolute Gasteiger partial charge is 0.493 e. The first-order valence-corrected chi connectivity index (χ1v) is 10.0. The molecule has 0 N–H and O–H groups in total. The number of aryl methyl sites for hydroxylation is 1. The van der Waals surface area contributed by atoms with Crippen LogP contribution in [-0.4, -0.2) is 38.3 Å². The van der Waals surface area contributed by atoms with Crippen LogP contribution < -0.4 is 19.0 Å². The van der Waals surface area contributed by atoms with Gasteiger partial charge in [0.25, 0.3) is 0 Å². The Bertz CT molecular complexity index is 1070. The molecule has 0 amide bonds. The topological polar surface area (TPSA) is 70.5 Å². The summed E-state index contributed by atoms with van der Waals surface area (Å²) in [6, 6.07) is 7.63. The minimum absolute atomic E-state index is 0.546. The van der Waals surface area contributed by atoms with Crippen molar-refractivity contribution in [2.75, 3.05) is 27.9 Å². The molecule has 0 saturated carbocycles. The highest BCUT2D eigenvalue weighted by atomic mass is 32.1. The summed E-state index contributed by atoms with van der Waals surface area (Å²) < 4.78 is 24.0. The minimum Gasteiger partial charge on any atom is -0.493 e. The fourth-order valence-corrected chi connectivity index (χ4v) is 3.79. The molecule has 0 spiro atoms. The lowest BCUT2D eigenvalue weighted by atomic mass is 10.1. The van der Waals surface area contributed by atoms with Crippen molar-refractivity contribution >= 4 is 17.0 Å². The Hall–Kier alpha value is -3.00. The van der Waals surface area contributed by atoms with Gasteiger partial charge in [-0.05, 0) is 45.0 Å². The van der Waals surface area contributed by atoms with Gasteiger partial charge >= 0.3 is 0 Å². The molecule has 2 aromatic heterocycles. The molecule has 8 heteroatoms. The van der Waals surface area contributed by atoms with E-state index in [-0.39, 0.29) is 0 Å². The number of hydrogen-bond acceptors (Lipinski definition) is 7. The quantitative estimate of drug-likeness (QED) is 0.538. The maximum atomic E-state index is 5.71. The highest BCUT2D eigenvalue weighted by molar-refractivity contribution is 7.07. The van der Waals surface area contributed by atoms with Gasteiger partial charge < -0.3 is 18.6 Å². The number of thiazole rings is 1. The summed E-state index contributed by atoms with van der Waals surface area (Å²) in [6.07, 6.45) is 0. The van der Waals surface area contributed by atoms with E-state index in [9.17, 15) is 0 Å². The minimum atomic E-state index is 0.546. The van der Waals surface area contributed by atoms with E-state index in [1.807, 2.05) is 55.1 Å². The highest BCUT2D eigenvalue weighted by Gasteiger charge is 2.17. The van der Waals surface area contributed by atoms with Gasteiger partial charge in [0.1, 0.15) is 17.2 Å². The summed E-state index contributed by atoms with van der Waals surface area (Å²) in [7, 11) is 4.78. The molecule has 3 rings (SSSR count). The van der Waals surface area contributed by atoms with Crippen LogP contribution in [-0.2, 0) is 0 Å². The van der Waals surface area contributed by atoms with Gasteiger partial charge in [-0.25, -0.2) is 4.68 Å². The van der Waals surface area contributed by atoms with Crippen molar-refractivity contribution in [3.8, 4) is 28.5 Å². The predicted molar refractivity (Wildman–Crippen MR) is 115 cm³/mol. The Morgan fingerprint density at radius 2 is 1.79 bits per heavy atom. The Morgan fingerprint density at radius 3 is 2.31 bits per heavy atom. The maximum Gasteiger partial charge on any atom is 0.206 e. The number of rotatable bonds is 7. The highest BCUT2D eigenvalue weighted by Crippen LogP contribution is 2.41. The van der Waals surface area contributed by atoms with Gasteiger partial charge in [0.2, 0.25) is 10.6 Å². The van der Waals surface area contributed by atoms with Crippen molar-refractivity contribution in [2.45, 2.75) is 20.8 Å². The van der Waals surface area contributed by atoms with E-state index in [0.29, 0.717) is 23.8 Å². The van der Waals surface area contributed by atoms with Gasteiger partial charge in [0, 0.05) is 17.5 Å². The Balaban J connectivity index is 2.20. The van der Waals surface area contributed by atoms with E-state index >= 15 is 0 Å². The van der Waals surface area contributed by atoms with Gasteiger partial charge in [-0.15, -0.1) is 11.3 Å². The van der Waals surface area contributed by atoms with E-state index in [4.69, 9.17) is 23.7 Å². The molecule has 0 aliphatic heterocycles. The summed E-state index contributed by atoms with van der Waals surface area (Å²) >= 11 is 1.52. The number of ether oxygens (including phenoxy) is 3. The van der Waals surface area contributed by atoms with Gasteiger partial charge in [-0.3, -0.25) is 4.99 Å². The van der Waals surface area contributed by atoms with Crippen LogP contribution in [0.3, 0.4) is 0 Å². The van der Waals surface area contributed by atoms with Crippen LogP contribution in [0.25, 0.3) is 11.3 Å². The number of hydrogen-bond donors (Lipinski definition) is 0. The first kappa shape index (κ1) is 20.7. The van der Waals surface area contributed by atoms with Crippen molar-refractivity contribution < 1.29 is 18.6 Å². The average molecular weight is 416 g/mol. The first-order valence-electron chi connectivity index (χ1n) is 9.16. The zero-order valence-electron chi connectivity index (χ0n) is 17.5. The molecular formula is C21H25N3O4S. The molecule has 2 heterocycles. The van der Waals surface area contributed by atoms with E-state index in [1.54, 1.807) is 21.3 Å². The Labute approximate surface area is 173 Å². The van der Waals surface area contributed by atoms with Crippen molar-refractivity contribution in [2.24, 2.45) is 10.1 Å². The summed E-state index contributed by atoms with van der Waals surface area (Å²) in [6.45, 7) is 6.48. The fourth-order valence-electron chi connectivity index (χ4n) is 2.90. The van der Waals surface area contributed by atoms with Crippen LogP contribution in [0.2, 0.25) is 0 Å². The predicted octanol–water partition coefficient (Wildman–Crippen LogP) is 4.34. The van der Waals surface area contributed by atoms with Crippen molar-refractivity contribution in [1.82, 2.24) is 4.68 Å². The smallest absolute Gasteiger partial charge is 0.206 e. The molecule has 0 saturated heterocycles. The van der Waals surface area contributed by atoms with E-state index in [1.165, 1.54) is 11.3 Å². The van der Waals surface area contributed by atoms with Crippen LogP contribution in [0.15, 0.2) is 44.2 Å². The summed E-state index contributed by atoms with van der Waals surface area (Å²) in [4.78, 5) is 5.37. The molecule has 29 heavy (non-hydrogen) atoms. The van der Waals surface area contributed by atoms with Crippen molar-refractivity contribution in [3.05, 3.63) is 46.0 Å². The SMILES string of the molecule is CCN=c1scc(-c2cc(OC)c(OC)c(OC)c2)n1N=C(C)c1ccc(C)o1. The zero-order chi connectivity index (χ0) is 21.0. The van der Waals surface area contributed by atoms with Gasteiger partial charge in [0.05, 0.1) is 27.0 Å². The summed E-state index contributed by atoms with van der Waals surface area (Å²) in [5, 5.41) is 6.81. The molecule has 0 radical (unpaired) electrons. The second-order valence-corrected chi connectivity index (χ2v) is 7.04. The number of benzene rings is 1.